The molecule has 154 valence electrons. The van der Waals surface area contributed by atoms with Gasteiger partial charge in [0, 0.05) is 10.8 Å². The molecule has 4 nitrogen and oxygen atoms in total. The van der Waals surface area contributed by atoms with Crippen LogP contribution >= 0.6 is 0 Å². The molecule has 0 aliphatic carbocycles. The highest BCUT2D eigenvalue weighted by molar-refractivity contribution is 6.32. The average molecular weight is 415 g/mol. The molecule has 0 radical (unpaired) electrons. The van der Waals surface area contributed by atoms with Crippen molar-refractivity contribution in [3.8, 4) is 12.1 Å². The molecule has 0 bridgehead atoms. The van der Waals surface area contributed by atoms with Gasteiger partial charge in [-0.25, -0.2) is 9.69 Å². The predicted octanol–water partition coefficient (Wildman–Crippen LogP) is 8.02. The maximum absolute atomic E-state index is 10.1. The van der Waals surface area contributed by atoms with Crippen LogP contribution in [0.1, 0.15) is 63.8 Å². The molecule has 0 fully saturated rings. The summed E-state index contributed by atoms with van der Waals surface area (Å²) in [7, 11) is 0. The van der Waals surface area contributed by atoms with E-state index >= 15 is 0 Å². The second kappa shape index (κ2) is 6.69. The molecule has 0 unspecified atom stereocenters. The maximum Gasteiger partial charge on any atom is 0.202 e. The Morgan fingerprint density at radius 2 is 0.938 bits per heavy atom. The fraction of sp³-hybridized carbons (Fsp3) is 0.286. The number of benzene rings is 4. The molecule has 0 aliphatic heterocycles. The summed E-state index contributed by atoms with van der Waals surface area (Å²) in [6, 6.07) is 12.5. The highest BCUT2D eigenvalue weighted by Crippen LogP contribution is 2.51. The van der Waals surface area contributed by atoms with Crippen molar-refractivity contribution in [2.24, 2.45) is 0 Å². The van der Waals surface area contributed by atoms with E-state index in [1.165, 1.54) is 0 Å². The minimum atomic E-state index is -0.235. The van der Waals surface area contributed by atoms with Gasteiger partial charge >= 0.3 is 0 Å². The quantitative estimate of drug-likeness (QED) is 0.216. The van der Waals surface area contributed by atoms with Crippen LogP contribution in [0.2, 0.25) is 0 Å². The van der Waals surface area contributed by atoms with E-state index in [2.05, 4.69) is 63.4 Å². The molecule has 32 heavy (non-hydrogen) atoms. The lowest BCUT2D eigenvalue weighted by molar-refractivity contribution is 0.591. The van der Waals surface area contributed by atoms with Gasteiger partial charge in [0.15, 0.2) is 0 Å². The van der Waals surface area contributed by atoms with Crippen molar-refractivity contribution in [1.29, 1.82) is 10.5 Å². The lowest BCUT2D eigenvalue weighted by Gasteiger charge is -2.25. The van der Waals surface area contributed by atoms with Crippen LogP contribution in [0.4, 0.5) is 11.4 Å². The van der Waals surface area contributed by atoms with Crippen LogP contribution in [-0.4, -0.2) is 0 Å². The molecule has 0 spiro atoms. The Kier molecular flexibility index (Phi) is 4.42. The maximum atomic E-state index is 10.1. The number of hydrogen-bond donors (Lipinski definition) is 0. The molecule has 4 heteroatoms. The second-order valence-electron chi connectivity index (χ2n) is 10.3. The van der Waals surface area contributed by atoms with Crippen molar-refractivity contribution in [3.05, 3.63) is 69.4 Å². The topological polar surface area (TPSA) is 56.3 Å². The molecule has 0 amide bonds. The lowest BCUT2D eigenvalue weighted by Crippen LogP contribution is -2.12. The Hall–Kier alpha value is -4.12. The Morgan fingerprint density at radius 3 is 1.19 bits per heavy atom. The standard InChI is InChI=1S/C28H22N4/c1-27(2,3)15-9-17-21(13-29)22(14-30)18-10-16(28(4,5)6)12-20-24(18)23(17)19(11-15)25(31-7)26(20)32-8/h9-12H,1-6H3. The molecule has 0 atom stereocenters. The van der Waals surface area contributed by atoms with Crippen LogP contribution in [-0.2, 0) is 10.8 Å². The highest BCUT2D eigenvalue weighted by atomic mass is 14.8. The summed E-state index contributed by atoms with van der Waals surface area (Å²) in [6.07, 6.45) is 0. The van der Waals surface area contributed by atoms with Gasteiger partial charge in [-0.15, -0.1) is 0 Å². The summed E-state index contributed by atoms with van der Waals surface area (Å²) < 4.78 is 0. The van der Waals surface area contributed by atoms with Crippen LogP contribution in [0, 0.1) is 35.8 Å². The molecular weight excluding hydrogens is 392 g/mol. The van der Waals surface area contributed by atoms with E-state index in [4.69, 9.17) is 13.1 Å². The third-order valence-corrected chi connectivity index (χ3v) is 6.23. The van der Waals surface area contributed by atoms with Crippen molar-refractivity contribution in [3.63, 3.8) is 0 Å². The number of rotatable bonds is 0. The molecule has 4 aromatic rings. The van der Waals surface area contributed by atoms with Gasteiger partial charge in [0.05, 0.1) is 24.3 Å². The van der Waals surface area contributed by atoms with Gasteiger partial charge in [-0.2, -0.15) is 10.5 Å². The minimum absolute atomic E-state index is 0.235. The highest BCUT2D eigenvalue weighted by Gasteiger charge is 2.27. The first-order chi connectivity index (χ1) is 15.0. The molecule has 0 saturated heterocycles. The molecule has 0 N–H and O–H groups in total. The predicted molar refractivity (Wildman–Crippen MR) is 130 cm³/mol. The first kappa shape index (κ1) is 21.1. The summed E-state index contributed by atoms with van der Waals surface area (Å²) in [4.78, 5) is 7.58. The molecule has 0 aromatic heterocycles. The SMILES string of the molecule is [C-]#[N+]c1c([N+]#[C-])c2cc(C(C)(C)C)cc3c(C#N)c(C#N)c4cc(C(C)(C)C)cc1c4c32. The lowest BCUT2D eigenvalue weighted by atomic mass is 9.78. The Morgan fingerprint density at radius 1 is 0.625 bits per heavy atom. The molecule has 0 saturated carbocycles. The normalized spacial score (nSPS) is 11.9. The zero-order chi connectivity index (χ0) is 23.6. The first-order valence-electron chi connectivity index (χ1n) is 10.4. The van der Waals surface area contributed by atoms with Crippen LogP contribution in [0.5, 0.6) is 0 Å². The largest absolute Gasteiger partial charge is 0.249 e. The van der Waals surface area contributed by atoms with Gasteiger partial charge in [-0.05, 0) is 55.6 Å². The van der Waals surface area contributed by atoms with E-state index in [9.17, 15) is 10.5 Å². The third-order valence-electron chi connectivity index (χ3n) is 6.23. The third kappa shape index (κ3) is 2.78. The fourth-order valence-corrected chi connectivity index (χ4v) is 4.44. The minimum Gasteiger partial charge on any atom is -0.249 e. The summed E-state index contributed by atoms with van der Waals surface area (Å²) >= 11 is 0. The van der Waals surface area contributed by atoms with Crippen LogP contribution < -0.4 is 0 Å². The van der Waals surface area contributed by atoms with E-state index < -0.39 is 0 Å². The summed E-state index contributed by atoms with van der Waals surface area (Å²) in [5.74, 6) is 0. The van der Waals surface area contributed by atoms with E-state index in [0.29, 0.717) is 44.0 Å². The summed E-state index contributed by atoms with van der Waals surface area (Å²) in [5, 5.41) is 24.5. The Labute approximate surface area is 188 Å². The van der Waals surface area contributed by atoms with Crippen LogP contribution in [0.15, 0.2) is 24.3 Å². The molecule has 4 rings (SSSR count). The zero-order valence-electron chi connectivity index (χ0n) is 19.1. The van der Waals surface area contributed by atoms with Gasteiger partial charge in [-0.1, -0.05) is 53.7 Å². The van der Waals surface area contributed by atoms with Gasteiger partial charge in [0.2, 0.25) is 11.4 Å². The van der Waals surface area contributed by atoms with Gasteiger partial charge < -0.3 is 0 Å². The smallest absolute Gasteiger partial charge is 0.202 e. The van der Waals surface area contributed by atoms with Crippen molar-refractivity contribution < 1.29 is 0 Å². The Bertz CT molecular complexity index is 1390. The van der Waals surface area contributed by atoms with Crippen molar-refractivity contribution in [1.82, 2.24) is 0 Å². The average Bonchev–Trinajstić information content (AvgIpc) is 2.73. The van der Waals surface area contributed by atoms with Crippen molar-refractivity contribution in [2.75, 3.05) is 0 Å². The van der Waals surface area contributed by atoms with Crippen molar-refractivity contribution >= 4 is 43.7 Å². The molecule has 0 heterocycles. The second-order valence-corrected chi connectivity index (χ2v) is 10.3. The van der Waals surface area contributed by atoms with E-state index in [1.54, 1.807) is 0 Å². The number of nitrogens with zero attached hydrogens (tertiary/aromatic N) is 4. The zero-order valence-corrected chi connectivity index (χ0v) is 19.1. The van der Waals surface area contributed by atoms with E-state index in [0.717, 1.165) is 21.9 Å². The number of hydrogen-bond acceptors (Lipinski definition) is 2. The summed E-state index contributed by atoms with van der Waals surface area (Å²) in [5.41, 5.74) is 2.72. The van der Waals surface area contributed by atoms with Crippen LogP contribution in [0.25, 0.3) is 42.0 Å². The molecular formula is C28H22N4. The van der Waals surface area contributed by atoms with Gasteiger partial charge in [0.25, 0.3) is 0 Å². The van der Waals surface area contributed by atoms with Gasteiger partial charge in [0.1, 0.15) is 12.1 Å². The fourth-order valence-electron chi connectivity index (χ4n) is 4.44. The molecule has 0 aliphatic rings. The monoisotopic (exact) mass is 414 g/mol. The van der Waals surface area contributed by atoms with Gasteiger partial charge in [-0.3, -0.25) is 0 Å². The summed E-state index contributed by atoms with van der Waals surface area (Å²) in [6.45, 7) is 28.2. The molecule has 4 aromatic carbocycles. The van der Waals surface area contributed by atoms with E-state index in [-0.39, 0.29) is 10.8 Å². The van der Waals surface area contributed by atoms with Crippen molar-refractivity contribution in [2.45, 2.75) is 52.4 Å². The van der Waals surface area contributed by atoms with E-state index in [1.807, 2.05) is 24.3 Å². The Balaban J connectivity index is 2.50. The van der Waals surface area contributed by atoms with Crippen LogP contribution in [0.3, 0.4) is 0 Å². The number of nitriles is 2. The first-order valence-corrected chi connectivity index (χ1v) is 10.4.